The second-order valence-electron chi connectivity index (χ2n) is 7.06. The molecule has 0 aliphatic heterocycles. The van der Waals surface area contributed by atoms with Gasteiger partial charge in [0.1, 0.15) is 0 Å². The molecule has 2 heterocycles. The predicted molar refractivity (Wildman–Crippen MR) is 117 cm³/mol. The number of para-hydroxylation sites is 1. The summed E-state index contributed by atoms with van der Waals surface area (Å²) in [5.41, 5.74) is 5.28. The zero-order valence-corrected chi connectivity index (χ0v) is 16.6. The molecule has 1 atom stereocenters. The Morgan fingerprint density at radius 3 is 2.38 bits per heavy atom. The molecule has 29 heavy (non-hydrogen) atoms. The molecule has 0 spiro atoms. The average molecular weight is 381 g/mol. The van der Waals surface area contributed by atoms with E-state index in [9.17, 15) is 4.79 Å². The Labute approximate surface area is 170 Å². The van der Waals surface area contributed by atoms with Gasteiger partial charge < -0.3 is 5.32 Å². The van der Waals surface area contributed by atoms with Gasteiger partial charge in [0.05, 0.1) is 22.8 Å². The number of pyridine rings is 2. The van der Waals surface area contributed by atoms with Crippen LogP contribution in [0.5, 0.6) is 0 Å². The van der Waals surface area contributed by atoms with E-state index >= 15 is 0 Å². The van der Waals surface area contributed by atoms with Crippen LogP contribution in [0.2, 0.25) is 0 Å². The summed E-state index contributed by atoms with van der Waals surface area (Å²) in [5.74, 6) is -0.0815. The molecule has 4 heteroatoms. The largest absolute Gasteiger partial charge is 0.345 e. The van der Waals surface area contributed by atoms with Gasteiger partial charge in [0.2, 0.25) is 0 Å². The average Bonchev–Trinajstić information content (AvgIpc) is 2.78. The summed E-state index contributed by atoms with van der Waals surface area (Å²) in [4.78, 5) is 22.4. The molecule has 1 unspecified atom stereocenters. The third-order valence-electron chi connectivity index (χ3n) is 5.23. The minimum atomic E-state index is -0.0815. The van der Waals surface area contributed by atoms with Crippen molar-refractivity contribution in [1.29, 1.82) is 0 Å². The summed E-state index contributed by atoms with van der Waals surface area (Å²) in [6, 6.07) is 21.6. The minimum absolute atomic E-state index is 0.0722. The highest BCUT2D eigenvalue weighted by molar-refractivity contribution is 6.09. The van der Waals surface area contributed by atoms with Crippen molar-refractivity contribution < 1.29 is 4.79 Å². The Morgan fingerprint density at radius 1 is 0.966 bits per heavy atom. The van der Waals surface area contributed by atoms with E-state index in [0.717, 1.165) is 39.7 Å². The minimum Gasteiger partial charge on any atom is -0.345 e. The molecule has 144 valence electrons. The van der Waals surface area contributed by atoms with Gasteiger partial charge in [0.25, 0.3) is 5.91 Å². The molecule has 0 saturated heterocycles. The lowest BCUT2D eigenvalue weighted by molar-refractivity contribution is 0.0936. The molecule has 2 aromatic carbocycles. The normalized spacial score (nSPS) is 11.9. The molecule has 1 N–H and O–H groups in total. The summed E-state index contributed by atoms with van der Waals surface area (Å²) in [5, 5.41) is 4.08. The fourth-order valence-electron chi connectivity index (χ4n) is 3.72. The van der Waals surface area contributed by atoms with Gasteiger partial charge in [-0.1, -0.05) is 55.5 Å². The summed E-state index contributed by atoms with van der Waals surface area (Å²) >= 11 is 0. The van der Waals surface area contributed by atoms with Gasteiger partial charge in [-0.25, -0.2) is 4.98 Å². The van der Waals surface area contributed by atoms with Crippen molar-refractivity contribution in [2.45, 2.75) is 26.3 Å². The monoisotopic (exact) mass is 381 g/mol. The fourth-order valence-corrected chi connectivity index (χ4v) is 3.72. The van der Waals surface area contributed by atoms with Crippen LogP contribution >= 0.6 is 0 Å². The first kappa shape index (κ1) is 18.8. The number of rotatable bonds is 5. The molecule has 1 amide bonds. The Hall–Kier alpha value is -3.53. The number of amides is 1. The van der Waals surface area contributed by atoms with Crippen LogP contribution < -0.4 is 5.32 Å². The number of carbonyl (C=O) groups excluding carboxylic acids is 1. The number of carbonyl (C=O) groups is 1. The summed E-state index contributed by atoms with van der Waals surface area (Å²) in [7, 11) is 0. The van der Waals surface area contributed by atoms with Crippen LogP contribution in [0, 0.1) is 6.92 Å². The van der Waals surface area contributed by atoms with E-state index in [0.29, 0.717) is 5.56 Å². The maximum atomic E-state index is 13.5. The van der Waals surface area contributed by atoms with Crippen LogP contribution in [-0.2, 0) is 0 Å². The predicted octanol–water partition coefficient (Wildman–Crippen LogP) is 5.49. The highest BCUT2D eigenvalue weighted by Gasteiger charge is 2.21. The highest BCUT2D eigenvalue weighted by atomic mass is 16.1. The number of nitrogens with one attached hydrogen (secondary N) is 1. The summed E-state index contributed by atoms with van der Waals surface area (Å²) < 4.78 is 0. The molecule has 0 bridgehead atoms. The van der Waals surface area contributed by atoms with Crippen LogP contribution in [0.3, 0.4) is 0 Å². The first-order chi connectivity index (χ1) is 14.2. The quantitative estimate of drug-likeness (QED) is 0.497. The van der Waals surface area contributed by atoms with Crippen LogP contribution in [0.25, 0.3) is 22.2 Å². The van der Waals surface area contributed by atoms with E-state index in [2.05, 4.69) is 17.2 Å². The molecule has 0 aliphatic carbocycles. The van der Waals surface area contributed by atoms with E-state index in [1.165, 1.54) is 0 Å². The summed E-state index contributed by atoms with van der Waals surface area (Å²) in [6.45, 7) is 4.04. The van der Waals surface area contributed by atoms with Crippen LogP contribution in [0.15, 0.2) is 79.1 Å². The van der Waals surface area contributed by atoms with Gasteiger partial charge in [0.15, 0.2) is 0 Å². The second kappa shape index (κ2) is 8.23. The fraction of sp³-hybridized carbons (Fsp3) is 0.160. The molecule has 2 aromatic heterocycles. The van der Waals surface area contributed by atoms with Crippen molar-refractivity contribution in [3.63, 3.8) is 0 Å². The van der Waals surface area contributed by atoms with Crippen molar-refractivity contribution >= 4 is 16.8 Å². The smallest absolute Gasteiger partial charge is 0.252 e. The van der Waals surface area contributed by atoms with E-state index in [4.69, 9.17) is 4.98 Å². The molecule has 0 aliphatic rings. The lowest BCUT2D eigenvalue weighted by atomic mass is 9.96. The molecule has 4 aromatic rings. The third kappa shape index (κ3) is 3.74. The maximum Gasteiger partial charge on any atom is 0.252 e. The van der Waals surface area contributed by atoms with E-state index in [1.807, 2.05) is 73.7 Å². The zero-order valence-electron chi connectivity index (χ0n) is 16.6. The Bertz CT molecular complexity index is 1140. The number of fused-ring (bicyclic) bond motifs is 1. The lowest BCUT2D eigenvalue weighted by Gasteiger charge is -2.20. The van der Waals surface area contributed by atoms with Gasteiger partial charge in [-0.05, 0) is 42.7 Å². The van der Waals surface area contributed by atoms with Gasteiger partial charge in [-0.2, -0.15) is 0 Å². The van der Waals surface area contributed by atoms with E-state index in [1.54, 1.807) is 12.4 Å². The van der Waals surface area contributed by atoms with E-state index < -0.39 is 0 Å². The second-order valence-corrected chi connectivity index (χ2v) is 7.06. The van der Waals surface area contributed by atoms with Crippen molar-refractivity contribution in [3.8, 4) is 11.3 Å². The van der Waals surface area contributed by atoms with Crippen LogP contribution in [0.1, 0.15) is 40.9 Å². The van der Waals surface area contributed by atoms with Crippen LogP contribution in [0.4, 0.5) is 0 Å². The maximum absolute atomic E-state index is 13.5. The molecular formula is C25H23N3O. The SMILES string of the molecule is CCC(NC(=O)c1c(C)c(-c2ccccc2)nc2ccccc12)c1ccncc1. The highest BCUT2D eigenvalue weighted by Crippen LogP contribution is 2.30. The molecular weight excluding hydrogens is 358 g/mol. The van der Waals surface area contributed by atoms with Crippen molar-refractivity contribution in [2.24, 2.45) is 0 Å². The van der Waals surface area contributed by atoms with Crippen LogP contribution in [-0.4, -0.2) is 15.9 Å². The van der Waals surface area contributed by atoms with Crippen molar-refractivity contribution in [3.05, 3.63) is 95.8 Å². The van der Waals surface area contributed by atoms with E-state index in [-0.39, 0.29) is 11.9 Å². The Balaban J connectivity index is 1.82. The first-order valence-corrected chi connectivity index (χ1v) is 9.84. The number of benzene rings is 2. The molecule has 4 rings (SSSR count). The number of hydrogen-bond acceptors (Lipinski definition) is 3. The number of nitrogens with zero attached hydrogens (tertiary/aromatic N) is 2. The van der Waals surface area contributed by atoms with Crippen molar-refractivity contribution in [2.75, 3.05) is 0 Å². The Morgan fingerprint density at radius 2 is 1.66 bits per heavy atom. The van der Waals surface area contributed by atoms with Gasteiger partial charge in [-0.3, -0.25) is 9.78 Å². The molecule has 4 nitrogen and oxygen atoms in total. The molecule has 0 saturated carbocycles. The van der Waals surface area contributed by atoms with Crippen molar-refractivity contribution in [1.82, 2.24) is 15.3 Å². The van der Waals surface area contributed by atoms with Gasteiger partial charge in [0, 0.05) is 23.3 Å². The Kier molecular flexibility index (Phi) is 5.34. The molecule has 0 fully saturated rings. The molecule has 0 radical (unpaired) electrons. The number of hydrogen-bond donors (Lipinski definition) is 1. The summed E-state index contributed by atoms with van der Waals surface area (Å²) in [6.07, 6.45) is 4.30. The van der Waals surface area contributed by atoms with Gasteiger partial charge >= 0.3 is 0 Å². The number of aromatic nitrogens is 2. The van der Waals surface area contributed by atoms with Gasteiger partial charge in [-0.15, -0.1) is 0 Å². The first-order valence-electron chi connectivity index (χ1n) is 9.84. The third-order valence-corrected chi connectivity index (χ3v) is 5.23. The standard InChI is InChI=1S/C25H23N3O/c1-3-21(18-13-15-26-16-14-18)28-25(29)23-17(2)24(19-9-5-4-6-10-19)27-22-12-8-7-11-20(22)23/h4-16,21H,3H2,1-2H3,(H,28,29). The zero-order chi connectivity index (χ0) is 20.2. The lowest BCUT2D eigenvalue weighted by Crippen LogP contribution is -2.29. The topological polar surface area (TPSA) is 54.9 Å².